The molecule has 4 aromatic rings. The van der Waals surface area contributed by atoms with Crippen molar-refractivity contribution in [2.75, 3.05) is 177 Å². The van der Waals surface area contributed by atoms with Crippen LogP contribution in [0.4, 0.5) is 0 Å². The Morgan fingerprint density at radius 1 is 0.362 bits per heavy atom. The third kappa shape index (κ3) is 44.6. The first-order valence-electron chi connectivity index (χ1n) is 36.3. The van der Waals surface area contributed by atoms with Crippen LogP contribution in [0, 0.1) is 0 Å². The van der Waals surface area contributed by atoms with Crippen LogP contribution in [0.15, 0.2) is 97.6 Å². The summed E-state index contributed by atoms with van der Waals surface area (Å²) in [5.74, 6) is -4.71. The highest BCUT2D eigenvalue weighted by Crippen LogP contribution is 2.15. The smallest absolute Gasteiger partial charge is 0.320 e. The van der Waals surface area contributed by atoms with Crippen molar-refractivity contribution in [1.82, 2.24) is 68.9 Å². The number of nitrogens with zero attached hydrogens (tertiary/aromatic N) is 14. The lowest BCUT2D eigenvalue weighted by atomic mass is 10.1. The third-order valence-corrected chi connectivity index (χ3v) is 16.4. The number of Topliss-reactive ketones (excluding diaryl/α,β-unsaturated/α-hetero) is 1. The first-order chi connectivity index (χ1) is 49.7. The highest BCUT2D eigenvalue weighted by molar-refractivity contribution is 5.78. The minimum absolute atomic E-state index is 0.0121. The first kappa shape index (κ1) is 89.5. The van der Waals surface area contributed by atoms with Gasteiger partial charge in [0.2, 0.25) is 0 Å². The van der Waals surface area contributed by atoms with E-state index >= 15 is 0 Å². The zero-order valence-electron chi connectivity index (χ0n) is 63.6. The van der Waals surface area contributed by atoms with Gasteiger partial charge in [-0.2, -0.15) is 0 Å². The third-order valence-electron chi connectivity index (χ3n) is 16.4. The Kier molecular flexibility index (Phi) is 41.2. The van der Waals surface area contributed by atoms with E-state index in [1.165, 1.54) is 0 Å². The molecule has 4 aromatic heterocycles. The number of carbonyl (C=O) groups is 8. The lowest BCUT2D eigenvalue weighted by Crippen LogP contribution is -2.49. The number of pyridine rings is 4. The number of ether oxygens (including phenoxy) is 3. The molecular formula is C75H119N15O15. The molecule has 6 N–H and O–H groups in total. The largest absolute Gasteiger partial charge is 0.481 e. The lowest BCUT2D eigenvalue weighted by molar-refractivity contribution is -0.158. The van der Waals surface area contributed by atoms with E-state index in [0.29, 0.717) is 163 Å². The highest BCUT2D eigenvalue weighted by Gasteiger charge is 2.27. The maximum absolute atomic E-state index is 13.0. The van der Waals surface area contributed by atoms with Gasteiger partial charge in [-0.15, -0.1) is 0 Å². The Balaban J connectivity index is 0.000000361. The second-order valence-electron chi connectivity index (χ2n) is 29.3. The minimum atomic E-state index is -0.994. The molecular weight excluding hydrogens is 1350 g/mol. The molecule has 6 heterocycles. The Morgan fingerprint density at radius 3 is 0.857 bits per heavy atom. The summed E-state index contributed by atoms with van der Waals surface area (Å²) in [4.78, 5) is 134. The number of carbonyl (C=O) groups excluding carboxylic acids is 4. The Hall–Kier alpha value is -7.88. The van der Waals surface area contributed by atoms with E-state index in [1.54, 1.807) is 27.1 Å². The van der Waals surface area contributed by atoms with Crippen molar-refractivity contribution in [1.29, 1.82) is 0 Å². The van der Waals surface area contributed by atoms with Gasteiger partial charge in [0.25, 0.3) is 0 Å². The number of carboxylic acid groups (broad SMARTS) is 4. The molecule has 2 saturated heterocycles. The Morgan fingerprint density at radius 2 is 0.619 bits per heavy atom. The van der Waals surface area contributed by atoms with Crippen LogP contribution in [-0.2, 0) is 78.7 Å². The molecule has 0 amide bonds. The van der Waals surface area contributed by atoms with Crippen molar-refractivity contribution in [3.05, 3.63) is 120 Å². The predicted molar refractivity (Wildman–Crippen MR) is 397 cm³/mol. The monoisotopic (exact) mass is 1470 g/mol. The van der Waals surface area contributed by atoms with Crippen molar-refractivity contribution < 1.29 is 73.0 Å². The number of aromatic nitrogens is 4. The number of ketones is 1. The molecule has 0 bridgehead atoms. The summed E-state index contributed by atoms with van der Waals surface area (Å²) in [6.07, 6.45) is 8.60. The molecule has 105 heavy (non-hydrogen) atoms. The fourth-order valence-corrected chi connectivity index (χ4v) is 11.5. The van der Waals surface area contributed by atoms with Crippen LogP contribution >= 0.6 is 0 Å². The minimum Gasteiger partial charge on any atom is -0.481 e. The van der Waals surface area contributed by atoms with Gasteiger partial charge in [-0.3, -0.25) is 97.5 Å². The van der Waals surface area contributed by atoms with Gasteiger partial charge in [0.1, 0.15) is 22.6 Å². The fraction of sp³-hybridized carbons (Fsp3) is 0.627. The molecule has 0 radical (unpaired) electrons. The summed E-state index contributed by atoms with van der Waals surface area (Å²) in [7, 11) is 0. The van der Waals surface area contributed by atoms with Gasteiger partial charge in [0, 0.05) is 195 Å². The molecule has 0 spiro atoms. The number of rotatable bonds is 32. The van der Waals surface area contributed by atoms with Crippen molar-refractivity contribution in [3.63, 3.8) is 0 Å². The topological polar surface area (TPSA) is 355 Å². The molecule has 30 heteroatoms. The Labute approximate surface area is 620 Å². The van der Waals surface area contributed by atoms with Crippen molar-refractivity contribution in [2.24, 2.45) is 5.73 Å². The summed E-state index contributed by atoms with van der Waals surface area (Å²) in [5.41, 5.74) is 7.82. The van der Waals surface area contributed by atoms with E-state index in [2.05, 4.69) is 34.6 Å². The number of carboxylic acids is 4. The van der Waals surface area contributed by atoms with Crippen LogP contribution in [0.3, 0.4) is 0 Å². The summed E-state index contributed by atoms with van der Waals surface area (Å²) >= 11 is 0. The van der Waals surface area contributed by atoms with E-state index in [4.69, 9.17) is 19.9 Å². The average molecular weight is 1470 g/mol. The van der Waals surface area contributed by atoms with E-state index < -0.39 is 40.7 Å². The van der Waals surface area contributed by atoms with E-state index in [9.17, 15) is 58.8 Å². The van der Waals surface area contributed by atoms with Crippen LogP contribution in [0.1, 0.15) is 111 Å². The maximum atomic E-state index is 13.0. The van der Waals surface area contributed by atoms with Gasteiger partial charge in [-0.25, -0.2) is 0 Å². The lowest BCUT2D eigenvalue weighted by Gasteiger charge is -2.34. The second kappa shape index (κ2) is 48.3. The zero-order chi connectivity index (χ0) is 77.2. The molecule has 0 atom stereocenters. The summed E-state index contributed by atoms with van der Waals surface area (Å²) in [6, 6.07) is 23.6. The number of hydrogen-bond acceptors (Lipinski definition) is 26. The van der Waals surface area contributed by atoms with Gasteiger partial charge >= 0.3 is 41.8 Å². The molecule has 2 aliphatic heterocycles. The number of aliphatic carboxylic acids is 4. The molecule has 0 saturated carbocycles. The van der Waals surface area contributed by atoms with Crippen molar-refractivity contribution in [2.45, 2.75) is 131 Å². The van der Waals surface area contributed by atoms with Crippen molar-refractivity contribution in [3.8, 4) is 0 Å². The van der Waals surface area contributed by atoms with E-state index in [-0.39, 0.29) is 69.4 Å². The normalized spacial score (nSPS) is 16.2. The van der Waals surface area contributed by atoms with Gasteiger partial charge in [-0.1, -0.05) is 24.3 Å². The van der Waals surface area contributed by atoms with Crippen molar-refractivity contribution >= 4 is 47.6 Å². The molecule has 0 aliphatic carbocycles. The predicted octanol–water partition coefficient (Wildman–Crippen LogP) is 3.84. The molecule has 584 valence electrons. The van der Waals surface area contributed by atoms with Gasteiger partial charge in [-0.05, 0) is 124 Å². The highest BCUT2D eigenvalue weighted by atomic mass is 16.6. The molecule has 2 fully saturated rings. The maximum Gasteiger partial charge on any atom is 0.320 e. The summed E-state index contributed by atoms with van der Waals surface area (Å²) in [6.45, 7) is 29.2. The summed E-state index contributed by atoms with van der Waals surface area (Å²) in [5, 5.41) is 37.5. The quantitative estimate of drug-likeness (QED) is 0.0342. The van der Waals surface area contributed by atoms with Gasteiger partial charge in [0.15, 0.2) is 0 Å². The zero-order valence-corrected chi connectivity index (χ0v) is 63.6. The number of hydrogen-bond donors (Lipinski definition) is 5. The number of nitrogens with two attached hydrogens (primary N) is 1. The number of esters is 3. The SMILES string of the molecule is CC(C)(C)OC(=O)CN1CCN(CCC(=O)O)CCN(CC(=O)OC(C)(C)C)CCN(CC(=O)OC(C)(C)C)CC1.NCCN(Cc1ccccn1)Cc1ccccn1.O=C(O)CN1CCN(CCC(=O)CCCN(Cc2ccccn2)Cc2ccccn2)CCN(CC(=O)O)CCN(CC(=O)O)CC1. The van der Waals surface area contributed by atoms with Gasteiger partial charge in [0.05, 0.1) is 68.5 Å². The van der Waals surface area contributed by atoms with Crippen LogP contribution in [0.25, 0.3) is 0 Å². The molecule has 30 nitrogen and oxygen atoms in total. The average Bonchev–Trinajstić information content (AvgIpc) is 0.901. The standard InChI is InChI=1S/C32H47N7O7.C29H54N4O8.C14H18N4/c40-29(8-5-12-39(22-27-6-1-3-10-33-27)23-28-7-2-4-11-34-28)9-13-35-14-16-36(24-30(41)42)18-20-38(26-32(45)46)21-19-37(17-15-35)25-31(43)44;1-27(2,3)39-24(36)20-31-14-12-30(11-10-23(34)35)13-15-32(21-25(37)40-28(4,5)6)17-19-33(18-16-31)22-26(38)41-29(7,8)9;15-7-10-18(11-13-5-1-3-8-16-13)12-14-6-2-4-9-17-14/h1-4,6-7,10-11H,5,8-9,12-26H2,(H,41,42)(H,43,44)(H,45,46);10-22H2,1-9H3,(H,34,35);1-6,8-9H,7,10-12,15H2. The molecule has 6 rings (SSSR count). The second-order valence-corrected chi connectivity index (χ2v) is 29.3. The molecule has 2 aliphatic rings. The van der Waals surface area contributed by atoms with Crippen LogP contribution in [0.5, 0.6) is 0 Å². The van der Waals surface area contributed by atoms with Crippen LogP contribution in [0.2, 0.25) is 0 Å². The summed E-state index contributed by atoms with van der Waals surface area (Å²) < 4.78 is 16.6. The van der Waals surface area contributed by atoms with E-state index in [1.807, 2.05) is 167 Å². The fourth-order valence-electron chi connectivity index (χ4n) is 11.5. The molecule has 0 unspecified atom stereocenters. The Bertz CT molecular complexity index is 3010. The van der Waals surface area contributed by atoms with Crippen LogP contribution < -0.4 is 5.73 Å². The van der Waals surface area contributed by atoms with E-state index in [0.717, 1.165) is 42.4 Å². The van der Waals surface area contributed by atoms with Crippen LogP contribution in [-0.4, -0.2) is 330 Å². The van der Waals surface area contributed by atoms with Gasteiger partial charge < -0.3 is 50.2 Å². The molecule has 0 aromatic carbocycles. The first-order valence-corrected chi connectivity index (χ1v) is 36.3.